The fraction of sp³-hybridized carbons (Fsp3) is 0.250. The molecule has 0 atom stereocenters. The Bertz CT molecular complexity index is 468. The minimum absolute atomic E-state index is 0.485. The van der Waals surface area contributed by atoms with Crippen LogP contribution in [0, 0.1) is 6.92 Å². The summed E-state index contributed by atoms with van der Waals surface area (Å²) in [5.74, 6) is 1.49. The van der Waals surface area contributed by atoms with E-state index in [4.69, 9.17) is 9.47 Å². The number of nitrogens with zero attached hydrogens (tertiary/aromatic N) is 1. The lowest BCUT2D eigenvalue weighted by Gasteiger charge is -2.08. The minimum Gasteiger partial charge on any atom is -0.493 e. The summed E-state index contributed by atoms with van der Waals surface area (Å²) < 4.78 is 10.8. The third-order valence-electron chi connectivity index (χ3n) is 2.09. The quantitative estimate of drug-likeness (QED) is 0.816. The Morgan fingerprint density at radius 1 is 1.25 bits per heavy atom. The van der Waals surface area contributed by atoms with Crippen LogP contribution in [-0.2, 0) is 6.61 Å². The first-order chi connectivity index (χ1) is 7.79. The third kappa shape index (κ3) is 2.52. The van der Waals surface area contributed by atoms with Gasteiger partial charge >= 0.3 is 0 Å². The van der Waals surface area contributed by atoms with Crippen molar-refractivity contribution in [1.29, 1.82) is 0 Å². The molecule has 2 aromatic rings. The molecule has 0 aliphatic heterocycles. The van der Waals surface area contributed by atoms with Gasteiger partial charge < -0.3 is 9.47 Å². The smallest absolute Gasteiger partial charge is 0.161 e. The van der Waals surface area contributed by atoms with Crippen LogP contribution in [0.3, 0.4) is 0 Å². The van der Waals surface area contributed by atoms with Crippen molar-refractivity contribution in [2.75, 3.05) is 7.11 Å². The van der Waals surface area contributed by atoms with Crippen molar-refractivity contribution in [2.24, 2.45) is 0 Å². The molecule has 0 N–H and O–H groups in total. The Morgan fingerprint density at radius 3 is 2.62 bits per heavy atom. The van der Waals surface area contributed by atoms with Crippen LogP contribution < -0.4 is 9.47 Å². The van der Waals surface area contributed by atoms with Gasteiger partial charge in [0.25, 0.3) is 0 Å². The number of para-hydroxylation sites is 2. The zero-order valence-electron chi connectivity index (χ0n) is 9.27. The summed E-state index contributed by atoms with van der Waals surface area (Å²) in [7, 11) is 1.63. The van der Waals surface area contributed by atoms with Crippen LogP contribution in [0.15, 0.2) is 29.6 Å². The lowest BCUT2D eigenvalue weighted by Crippen LogP contribution is -1.97. The van der Waals surface area contributed by atoms with Crippen molar-refractivity contribution >= 4 is 11.3 Å². The van der Waals surface area contributed by atoms with E-state index in [1.54, 1.807) is 18.4 Å². The summed E-state index contributed by atoms with van der Waals surface area (Å²) in [5, 5.41) is 2.99. The number of methoxy groups -OCH3 is 1. The van der Waals surface area contributed by atoms with Crippen molar-refractivity contribution in [2.45, 2.75) is 13.5 Å². The van der Waals surface area contributed by atoms with E-state index in [-0.39, 0.29) is 0 Å². The summed E-state index contributed by atoms with van der Waals surface area (Å²) in [4.78, 5) is 4.33. The van der Waals surface area contributed by atoms with Crippen LogP contribution in [0.5, 0.6) is 11.5 Å². The zero-order valence-corrected chi connectivity index (χ0v) is 10.1. The number of hydrogen-bond donors (Lipinski definition) is 0. The summed E-state index contributed by atoms with van der Waals surface area (Å²) in [5.41, 5.74) is 1.03. The summed E-state index contributed by atoms with van der Waals surface area (Å²) >= 11 is 1.61. The van der Waals surface area contributed by atoms with Gasteiger partial charge in [0.05, 0.1) is 7.11 Å². The molecule has 84 valence electrons. The van der Waals surface area contributed by atoms with Gasteiger partial charge in [0.15, 0.2) is 11.5 Å². The molecule has 0 aliphatic rings. The van der Waals surface area contributed by atoms with E-state index in [0.717, 1.165) is 22.2 Å². The number of benzene rings is 1. The number of rotatable bonds is 4. The molecule has 2 rings (SSSR count). The molecule has 0 aliphatic carbocycles. The molecule has 0 unspecified atom stereocenters. The van der Waals surface area contributed by atoms with Gasteiger partial charge in [-0.3, -0.25) is 0 Å². The molecule has 4 heteroatoms. The van der Waals surface area contributed by atoms with E-state index in [0.29, 0.717) is 6.61 Å². The minimum atomic E-state index is 0.485. The van der Waals surface area contributed by atoms with Crippen molar-refractivity contribution in [3.05, 3.63) is 40.3 Å². The van der Waals surface area contributed by atoms with Crippen LogP contribution in [-0.4, -0.2) is 12.1 Å². The lowest BCUT2D eigenvalue weighted by atomic mass is 10.3. The molecular formula is C12H13NO2S. The van der Waals surface area contributed by atoms with Crippen LogP contribution in [0.1, 0.15) is 10.7 Å². The number of hydrogen-bond acceptors (Lipinski definition) is 4. The molecule has 16 heavy (non-hydrogen) atoms. The van der Waals surface area contributed by atoms with E-state index in [2.05, 4.69) is 4.98 Å². The molecule has 0 spiro atoms. The fourth-order valence-electron chi connectivity index (χ4n) is 1.35. The molecule has 0 fully saturated rings. The second kappa shape index (κ2) is 4.99. The summed E-state index contributed by atoms with van der Waals surface area (Å²) in [6, 6.07) is 7.60. The largest absolute Gasteiger partial charge is 0.493 e. The number of thiazole rings is 1. The number of aryl methyl sites for hydroxylation is 1. The summed E-state index contributed by atoms with van der Waals surface area (Å²) in [6.45, 7) is 2.46. The van der Waals surface area contributed by atoms with Crippen molar-refractivity contribution in [3.63, 3.8) is 0 Å². The highest BCUT2D eigenvalue weighted by molar-refractivity contribution is 7.09. The van der Waals surface area contributed by atoms with Gasteiger partial charge in [-0.1, -0.05) is 12.1 Å². The van der Waals surface area contributed by atoms with E-state index >= 15 is 0 Å². The van der Waals surface area contributed by atoms with Gasteiger partial charge in [-0.25, -0.2) is 4.98 Å². The first-order valence-corrected chi connectivity index (χ1v) is 5.84. The van der Waals surface area contributed by atoms with E-state index in [9.17, 15) is 0 Å². The SMILES string of the molecule is COc1ccccc1OCc1nc(C)cs1. The Morgan fingerprint density at radius 2 is 2.00 bits per heavy atom. The zero-order chi connectivity index (χ0) is 11.4. The average molecular weight is 235 g/mol. The van der Waals surface area contributed by atoms with E-state index in [1.807, 2.05) is 36.6 Å². The molecule has 1 aromatic carbocycles. The molecule has 0 saturated carbocycles. The summed E-state index contributed by atoms with van der Waals surface area (Å²) in [6.07, 6.45) is 0. The van der Waals surface area contributed by atoms with Gasteiger partial charge in [0.1, 0.15) is 11.6 Å². The van der Waals surface area contributed by atoms with Crippen LogP contribution in [0.4, 0.5) is 0 Å². The Balaban J connectivity index is 2.04. The second-order valence-electron chi connectivity index (χ2n) is 3.32. The lowest BCUT2D eigenvalue weighted by molar-refractivity contribution is 0.284. The van der Waals surface area contributed by atoms with E-state index < -0.39 is 0 Å². The normalized spacial score (nSPS) is 10.1. The number of ether oxygens (including phenoxy) is 2. The monoisotopic (exact) mass is 235 g/mol. The number of aromatic nitrogens is 1. The molecule has 0 radical (unpaired) electrons. The topological polar surface area (TPSA) is 31.4 Å². The third-order valence-corrected chi connectivity index (χ3v) is 3.03. The molecule has 0 bridgehead atoms. The van der Waals surface area contributed by atoms with Gasteiger partial charge in [0.2, 0.25) is 0 Å². The predicted octanol–water partition coefficient (Wildman–Crippen LogP) is 3.04. The van der Waals surface area contributed by atoms with E-state index in [1.165, 1.54) is 0 Å². The van der Waals surface area contributed by atoms with Crippen LogP contribution in [0.2, 0.25) is 0 Å². The first kappa shape index (κ1) is 11.0. The van der Waals surface area contributed by atoms with Crippen LogP contribution >= 0.6 is 11.3 Å². The predicted molar refractivity (Wildman–Crippen MR) is 64.2 cm³/mol. The van der Waals surface area contributed by atoms with Crippen molar-refractivity contribution in [3.8, 4) is 11.5 Å². The highest BCUT2D eigenvalue weighted by Crippen LogP contribution is 2.26. The average Bonchev–Trinajstić information content (AvgIpc) is 2.73. The Labute approximate surface area is 98.7 Å². The highest BCUT2D eigenvalue weighted by atomic mass is 32.1. The Hall–Kier alpha value is -1.55. The molecule has 0 amide bonds. The maximum absolute atomic E-state index is 5.65. The molecule has 3 nitrogen and oxygen atoms in total. The van der Waals surface area contributed by atoms with Crippen LogP contribution in [0.25, 0.3) is 0 Å². The molecule has 1 heterocycles. The maximum Gasteiger partial charge on any atom is 0.161 e. The molecular weight excluding hydrogens is 222 g/mol. The van der Waals surface area contributed by atoms with Crippen molar-refractivity contribution < 1.29 is 9.47 Å². The molecule has 1 aromatic heterocycles. The van der Waals surface area contributed by atoms with Gasteiger partial charge in [0, 0.05) is 11.1 Å². The molecule has 0 saturated heterocycles. The fourth-order valence-corrected chi connectivity index (χ4v) is 2.03. The van der Waals surface area contributed by atoms with Crippen molar-refractivity contribution in [1.82, 2.24) is 4.98 Å². The first-order valence-electron chi connectivity index (χ1n) is 4.96. The standard InChI is InChI=1S/C12H13NO2S/c1-9-8-16-12(13-9)7-15-11-6-4-3-5-10(11)14-2/h3-6,8H,7H2,1-2H3. The highest BCUT2D eigenvalue weighted by Gasteiger charge is 2.04. The Kier molecular flexibility index (Phi) is 3.41. The second-order valence-corrected chi connectivity index (χ2v) is 4.26. The van der Waals surface area contributed by atoms with Gasteiger partial charge in [-0.05, 0) is 19.1 Å². The maximum atomic E-state index is 5.65. The van der Waals surface area contributed by atoms with Gasteiger partial charge in [-0.15, -0.1) is 11.3 Å². The van der Waals surface area contributed by atoms with Gasteiger partial charge in [-0.2, -0.15) is 0 Å².